The van der Waals surface area contributed by atoms with E-state index in [4.69, 9.17) is 0 Å². The van der Waals surface area contributed by atoms with Gasteiger partial charge in [0.1, 0.15) is 0 Å². The van der Waals surface area contributed by atoms with Gasteiger partial charge in [-0.1, -0.05) is 6.42 Å². The Kier molecular flexibility index (Phi) is 5.20. The van der Waals surface area contributed by atoms with Gasteiger partial charge >= 0.3 is 12.0 Å². The van der Waals surface area contributed by atoms with E-state index in [1.54, 1.807) is 13.8 Å². The van der Waals surface area contributed by atoms with Gasteiger partial charge < -0.3 is 15.3 Å². The maximum Gasteiger partial charge on any atom is 0.317 e. The number of carbonyl (C=O) groups excluding carboxylic acids is 1. The molecule has 132 valence electrons. The quantitative estimate of drug-likeness (QED) is 0.635. The van der Waals surface area contributed by atoms with Gasteiger partial charge in [0.25, 0.3) is 0 Å². The highest BCUT2D eigenvalue weighted by Crippen LogP contribution is 2.48. The van der Waals surface area contributed by atoms with Crippen LogP contribution in [-0.2, 0) is 14.8 Å². The normalized spacial score (nSPS) is 27.3. The summed E-state index contributed by atoms with van der Waals surface area (Å²) in [6.07, 6.45) is 2.30. The highest BCUT2D eigenvalue weighted by Gasteiger charge is 2.55. The number of nitrogens with zero attached hydrogens (tertiary/aromatic N) is 1. The van der Waals surface area contributed by atoms with Crippen molar-refractivity contribution in [2.24, 2.45) is 11.3 Å². The van der Waals surface area contributed by atoms with E-state index in [1.807, 2.05) is 0 Å². The first-order chi connectivity index (χ1) is 10.7. The molecule has 1 saturated carbocycles. The monoisotopic (exact) mass is 347 g/mol. The molecule has 3 N–H and O–H groups in total. The van der Waals surface area contributed by atoms with Crippen molar-refractivity contribution < 1.29 is 23.1 Å². The molecule has 0 radical (unpaired) electrons. The SMILES string of the molecule is CC(C)NS(=O)(=O)CCNC(=O)N1C[C@@H]2CCC[C@@]2(C(=O)O)C1. The molecule has 0 aromatic rings. The van der Waals surface area contributed by atoms with Crippen LogP contribution in [0.5, 0.6) is 0 Å². The number of sulfonamides is 1. The Hall–Kier alpha value is -1.35. The summed E-state index contributed by atoms with van der Waals surface area (Å²) < 4.78 is 25.8. The van der Waals surface area contributed by atoms with Gasteiger partial charge in [-0.05, 0) is 32.6 Å². The minimum atomic E-state index is -3.42. The number of carboxylic acids is 1. The lowest BCUT2D eigenvalue weighted by Gasteiger charge is -2.23. The van der Waals surface area contributed by atoms with Crippen molar-refractivity contribution >= 4 is 22.0 Å². The van der Waals surface area contributed by atoms with Crippen molar-refractivity contribution in [1.82, 2.24) is 14.9 Å². The summed E-state index contributed by atoms with van der Waals surface area (Å²) >= 11 is 0. The molecule has 0 aromatic carbocycles. The summed E-state index contributed by atoms with van der Waals surface area (Å²) in [7, 11) is -3.42. The third-order valence-corrected chi connectivity index (χ3v) is 6.22. The molecule has 0 unspecified atom stereocenters. The minimum absolute atomic E-state index is 0.00211. The van der Waals surface area contributed by atoms with E-state index in [9.17, 15) is 23.1 Å². The molecular weight excluding hydrogens is 322 g/mol. The van der Waals surface area contributed by atoms with Crippen molar-refractivity contribution in [2.45, 2.75) is 39.2 Å². The lowest BCUT2D eigenvalue weighted by Crippen LogP contribution is -2.44. The summed E-state index contributed by atoms with van der Waals surface area (Å²) in [5, 5.41) is 12.1. The Morgan fingerprint density at radius 2 is 2.09 bits per heavy atom. The van der Waals surface area contributed by atoms with Crippen LogP contribution in [-0.4, -0.2) is 61.9 Å². The second-order valence-corrected chi connectivity index (χ2v) is 8.63. The fraction of sp³-hybridized carbons (Fsp3) is 0.857. The topological polar surface area (TPSA) is 116 Å². The molecule has 2 amide bonds. The van der Waals surface area contributed by atoms with E-state index in [1.165, 1.54) is 4.90 Å². The van der Waals surface area contributed by atoms with Gasteiger partial charge in [0.2, 0.25) is 10.0 Å². The fourth-order valence-corrected chi connectivity index (χ4v) is 4.82. The third kappa shape index (κ3) is 3.95. The van der Waals surface area contributed by atoms with Gasteiger partial charge in [-0.15, -0.1) is 0 Å². The smallest absolute Gasteiger partial charge is 0.317 e. The summed E-state index contributed by atoms with van der Waals surface area (Å²) in [6, 6.07) is -0.580. The molecule has 23 heavy (non-hydrogen) atoms. The van der Waals surface area contributed by atoms with E-state index in [0.717, 1.165) is 12.8 Å². The average molecular weight is 347 g/mol. The first kappa shape index (κ1) is 18.0. The molecule has 2 fully saturated rings. The second kappa shape index (κ2) is 6.64. The molecular formula is C14H25N3O5S. The van der Waals surface area contributed by atoms with Gasteiger partial charge in [-0.2, -0.15) is 0 Å². The Morgan fingerprint density at radius 1 is 1.39 bits per heavy atom. The number of hydrogen-bond acceptors (Lipinski definition) is 4. The van der Waals surface area contributed by atoms with Gasteiger partial charge in [0.05, 0.1) is 11.2 Å². The molecule has 0 bridgehead atoms. The van der Waals surface area contributed by atoms with Crippen molar-refractivity contribution in [3.8, 4) is 0 Å². The largest absolute Gasteiger partial charge is 0.481 e. The number of aliphatic carboxylic acids is 1. The van der Waals surface area contributed by atoms with Crippen LogP contribution in [0.15, 0.2) is 0 Å². The van der Waals surface area contributed by atoms with Gasteiger partial charge in [0.15, 0.2) is 0 Å². The Bertz CT molecular complexity index is 577. The standard InChI is InChI=1S/C14H25N3O5S/c1-10(2)16-23(21,22)7-6-15-13(20)17-8-11-4-3-5-14(11,9-17)12(18)19/h10-11,16H,3-9H2,1-2H3,(H,15,20)(H,18,19)/t11-,14+/m0/s1. The molecule has 0 spiro atoms. The average Bonchev–Trinajstić information content (AvgIpc) is 2.93. The Morgan fingerprint density at radius 3 is 2.65 bits per heavy atom. The van der Waals surface area contributed by atoms with E-state index < -0.39 is 21.4 Å². The van der Waals surface area contributed by atoms with E-state index in [0.29, 0.717) is 13.0 Å². The number of amides is 2. The van der Waals surface area contributed by atoms with Crippen molar-refractivity contribution in [1.29, 1.82) is 0 Å². The molecule has 0 aromatic heterocycles. The number of carbonyl (C=O) groups is 2. The second-order valence-electron chi connectivity index (χ2n) is 6.75. The molecule has 2 aliphatic rings. The molecule has 1 saturated heterocycles. The third-order valence-electron chi connectivity index (χ3n) is 4.65. The summed E-state index contributed by atoms with van der Waals surface area (Å²) in [4.78, 5) is 25.2. The van der Waals surface area contributed by atoms with Gasteiger partial charge in [-0.3, -0.25) is 4.79 Å². The fourth-order valence-electron chi connectivity index (χ4n) is 3.62. The number of carboxylic acid groups (broad SMARTS) is 1. The van der Waals surface area contributed by atoms with E-state index >= 15 is 0 Å². The predicted octanol–water partition coefficient (Wildman–Crippen LogP) is 0.211. The van der Waals surface area contributed by atoms with Crippen LogP contribution in [0.3, 0.4) is 0 Å². The maximum absolute atomic E-state index is 12.2. The zero-order valence-electron chi connectivity index (χ0n) is 13.5. The van der Waals surface area contributed by atoms with Crippen LogP contribution < -0.4 is 10.0 Å². The zero-order valence-corrected chi connectivity index (χ0v) is 14.4. The summed E-state index contributed by atoms with van der Waals surface area (Å²) in [5.74, 6) is -1.03. The van der Waals surface area contributed by atoms with Gasteiger partial charge in [0, 0.05) is 25.7 Å². The van der Waals surface area contributed by atoms with Crippen LogP contribution in [0.2, 0.25) is 0 Å². The van der Waals surface area contributed by atoms with E-state index in [2.05, 4.69) is 10.0 Å². The number of nitrogens with one attached hydrogen (secondary N) is 2. The first-order valence-corrected chi connectivity index (χ1v) is 9.58. The number of urea groups is 1. The molecule has 1 aliphatic carbocycles. The number of likely N-dealkylation sites (tertiary alicyclic amines) is 1. The van der Waals surface area contributed by atoms with Crippen LogP contribution >= 0.6 is 0 Å². The van der Waals surface area contributed by atoms with Crippen LogP contribution in [0.25, 0.3) is 0 Å². The highest BCUT2D eigenvalue weighted by atomic mass is 32.2. The molecule has 1 heterocycles. The molecule has 2 atom stereocenters. The zero-order chi connectivity index (χ0) is 17.3. The minimum Gasteiger partial charge on any atom is -0.481 e. The Balaban J connectivity index is 1.85. The lowest BCUT2D eigenvalue weighted by molar-refractivity contribution is -0.149. The van der Waals surface area contributed by atoms with Gasteiger partial charge in [-0.25, -0.2) is 17.9 Å². The highest BCUT2D eigenvalue weighted by molar-refractivity contribution is 7.89. The Labute approximate surface area is 136 Å². The van der Waals surface area contributed by atoms with Crippen LogP contribution in [0.1, 0.15) is 33.1 Å². The number of hydrogen-bond donors (Lipinski definition) is 3. The summed E-state index contributed by atoms with van der Waals surface area (Å²) in [5.41, 5.74) is -0.817. The van der Waals surface area contributed by atoms with Crippen molar-refractivity contribution in [2.75, 3.05) is 25.4 Å². The number of fused-ring (bicyclic) bond motifs is 1. The van der Waals surface area contributed by atoms with E-state index in [-0.39, 0.29) is 36.8 Å². The molecule has 8 nitrogen and oxygen atoms in total. The number of rotatable bonds is 6. The maximum atomic E-state index is 12.2. The summed E-state index contributed by atoms with van der Waals surface area (Å²) in [6.45, 7) is 4.09. The molecule has 1 aliphatic heterocycles. The van der Waals surface area contributed by atoms with Crippen LogP contribution in [0, 0.1) is 11.3 Å². The molecule has 2 rings (SSSR count). The van der Waals surface area contributed by atoms with Crippen molar-refractivity contribution in [3.05, 3.63) is 0 Å². The van der Waals surface area contributed by atoms with Crippen LogP contribution in [0.4, 0.5) is 4.79 Å². The lowest BCUT2D eigenvalue weighted by atomic mass is 9.81. The predicted molar refractivity (Wildman–Crippen MR) is 84.4 cm³/mol. The first-order valence-electron chi connectivity index (χ1n) is 7.92. The molecule has 9 heteroatoms. The van der Waals surface area contributed by atoms with Crippen molar-refractivity contribution in [3.63, 3.8) is 0 Å².